The highest BCUT2D eigenvalue weighted by molar-refractivity contribution is 14.1. The maximum Gasteiger partial charge on any atom is 0.313 e. The minimum atomic E-state index is -1.19. The molecule has 0 radical (unpaired) electrons. The monoisotopic (exact) mass is 614 g/mol. The highest BCUT2D eigenvalue weighted by Gasteiger charge is 2.70. The Morgan fingerprint density at radius 3 is 2.28 bits per heavy atom. The molecule has 0 aromatic heterocycles. The highest BCUT2D eigenvalue weighted by Crippen LogP contribution is 2.74. The van der Waals surface area contributed by atoms with Gasteiger partial charge >= 0.3 is 5.97 Å². The number of carbonyl (C=O) groups excluding carboxylic acids is 1. The Kier molecular flexibility index (Phi) is 6.95. The number of hydrogen-bond acceptors (Lipinski definition) is 4. The number of hydrogen-bond donors (Lipinski definition) is 3. The molecule has 0 spiro atoms. The molecule has 5 nitrogen and oxygen atoms in total. The highest BCUT2D eigenvalue weighted by atomic mass is 127. The van der Waals surface area contributed by atoms with E-state index in [0.29, 0.717) is 25.2 Å². The van der Waals surface area contributed by atoms with Crippen molar-refractivity contribution >= 4 is 34.8 Å². The van der Waals surface area contributed by atoms with Crippen LogP contribution in [0.5, 0.6) is 0 Å². The number of alkyl halides is 1. The van der Waals surface area contributed by atoms with Crippen molar-refractivity contribution in [3.8, 4) is 0 Å². The number of aliphatic hydroxyl groups is 2. The largest absolute Gasteiger partial charge is 0.481 e. The minimum absolute atomic E-state index is 0.0128. The van der Waals surface area contributed by atoms with Gasteiger partial charge in [0.1, 0.15) is 11.7 Å². The Morgan fingerprint density at radius 2 is 1.72 bits per heavy atom. The Labute approximate surface area is 231 Å². The summed E-state index contributed by atoms with van der Waals surface area (Å²) >= 11 is 2.33. The van der Waals surface area contributed by atoms with Crippen LogP contribution in [-0.2, 0) is 9.59 Å². The van der Waals surface area contributed by atoms with Crippen LogP contribution in [0.3, 0.4) is 0 Å². The molecule has 4 aliphatic carbocycles. The van der Waals surface area contributed by atoms with Crippen LogP contribution in [-0.4, -0.2) is 43.7 Å². The summed E-state index contributed by atoms with van der Waals surface area (Å²) in [5.74, 6) is -0.448. The molecule has 0 saturated heterocycles. The fourth-order valence-corrected chi connectivity index (χ4v) is 11.3. The standard InChI is InChI=1S/C30H47IO5/c1-25(2,3)14-15-30(24(35)36)22(34)16-29(7)18(23(30)31)8-9-20-26(4)12-11-21(33)27(5,17-32)19(26)10-13-28(20,29)6/h8,17,19-23,33-34H,9-16H2,1-7H3,(H,35,36)/t19?,20?,21-,22-,23?,26?,27?,28?,29?,30-/m0/s1. The smallest absolute Gasteiger partial charge is 0.313 e. The van der Waals surface area contributed by atoms with E-state index in [-0.39, 0.29) is 31.5 Å². The summed E-state index contributed by atoms with van der Waals surface area (Å²) in [6, 6.07) is 0. The summed E-state index contributed by atoms with van der Waals surface area (Å²) in [6.45, 7) is 15.3. The summed E-state index contributed by atoms with van der Waals surface area (Å²) in [4.78, 5) is 25.2. The zero-order chi connectivity index (χ0) is 27.1. The lowest BCUT2D eigenvalue weighted by Gasteiger charge is -2.70. The van der Waals surface area contributed by atoms with Crippen molar-refractivity contribution in [2.24, 2.45) is 44.3 Å². The maximum atomic E-state index is 12.9. The molecule has 0 aliphatic heterocycles. The van der Waals surface area contributed by atoms with Gasteiger partial charge in [0.2, 0.25) is 0 Å². The van der Waals surface area contributed by atoms with Crippen molar-refractivity contribution in [3.63, 3.8) is 0 Å². The zero-order valence-corrected chi connectivity index (χ0v) is 25.4. The molecular weight excluding hydrogens is 567 g/mol. The first-order valence-electron chi connectivity index (χ1n) is 13.8. The number of aliphatic carboxylic acids is 1. The fourth-order valence-electron chi connectivity index (χ4n) is 9.41. The fraction of sp³-hybridized carbons (Fsp3) is 0.867. The van der Waals surface area contributed by atoms with Crippen LogP contribution in [0.15, 0.2) is 11.6 Å². The number of fused-ring (bicyclic) bond motifs is 5. The molecular formula is C30H47IO5. The van der Waals surface area contributed by atoms with Crippen molar-refractivity contribution in [3.05, 3.63) is 11.6 Å². The second-order valence-electron chi connectivity index (χ2n) is 14.8. The quantitative estimate of drug-likeness (QED) is 0.152. The zero-order valence-electron chi connectivity index (χ0n) is 23.2. The van der Waals surface area contributed by atoms with Gasteiger partial charge in [-0.2, -0.15) is 0 Å². The molecule has 204 valence electrons. The molecule has 6 heteroatoms. The lowest BCUT2D eigenvalue weighted by molar-refractivity contribution is -0.206. The first-order valence-corrected chi connectivity index (χ1v) is 15.1. The van der Waals surface area contributed by atoms with Crippen LogP contribution in [0.2, 0.25) is 0 Å². The van der Waals surface area contributed by atoms with Gasteiger partial charge in [0, 0.05) is 0 Å². The number of halogens is 1. The summed E-state index contributed by atoms with van der Waals surface area (Å²) in [5.41, 5.74) is -1.25. The SMILES string of the molecule is CC(C)(C)CC[C@@]1(C(=O)O)C(I)C2=CCC3C4(C)CC[C@H](O)C(C)(C=O)C4CCC3(C)C2(C)C[C@@H]1O. The molecule has 4 rings (SSSR count). The Balaban J connectivity index is 1.78. The third kappa shape index (κ3) is 3.65. The van der Waals surface area contributed by atoms with Gasteiger partial charge in [-0.1, -0.05) is 82.7 Å². The van der Waals surface area contributed by atoms with Crippen molar-refractivity contribution in [1.29, 1.82) is 0 Å². The van der Waals surface area contributed by atoms with E-state index in [1.807, 2.05) is 6.92 Å². The van der Waals surface area contributed by atoms with Crippen molar-refractivity contribution < 1.29 is 24.9 Å². The Hall–Kier alpha value is -0.470. The molecule has 0 amide bonds. The lowest BCUT2D eigenvalue weighted by atomic mass is 9.35. The topological polar surface area (TPSA) is 94.8 Å². The van der Waals surface area contributed by atoms with E-state index in [4.69, 9.17) is 0 Å². The molecule has 0 heterocycles. The minimum Gasteiger partial charge on any atom is -0.481 e. The summed E-state index contributed by atoms with van der Waals surface area (Å²) in [7, 11) is 0. The third-order valence-electron chi connectivity index (χ3n) is 12.1. The number of carbonyl (C=O) groups is 2. The van der Waals surface area contributed by atoms with Gasteiger partial charge in [-0.15, -0.1) is 0 Å². The predicted molar refractivity (Wildman–Crippen MR) is 150 cm³/mol. The first kappa shape index (κ1) is 28.5. The molecule has 3 N–H and O–H groups in total. The van der Waals surface area contributed by atoms with E-state index in [2.05, 4.69) is 70.2 Å². The first-order chi connectivity index (χ1) is 16.4. The normalized spacial score (nSPS) is 50.8. The van der Waals surface area contributed by atoms with E-state index in [1.54, 1.807) is 0 Å². The number of rotatable bonds is 4. The average Bonchev–Trinajstić information content (AvgIpc) is 2.76. The van der Waals surface area contributed by atoms with E-state index in [1.165, 1.54) is 5.57 Å². The van der Waals surface area contributed by atoms with Gasteiger partial charge in [-0.3, -0.25) is 4.79 Å². The van der Waals surface area contributed by atoms with Gasteiger partial charge in [-0.05, 0) is 84.9 Å². The lowest BCUT2D eigenvalue weighted by Crippen LogP contribution is -2.67. The number of aldehydes is 1. The second-order valence-corrected chi connectivity index (χ2v) is 16.1. The van der Waals surface area contributed by atoms with Crippen LogP contribution in [0.25, 0.3) is 0 Å². The van der Waals surface area contributed by atoms with Crippen LogP contribution < -0.4 is 0 Å². The average molecular weight is 615 g/mol. The van der Waals surface area contributed by atoms with E-state index in [0.717, 1.165) is 38.4 Å². The van der Waals surface area contributed by atoms with Gasteiger partial charge in [0.15, 0.2) is 0 Å². The molecule has 36 heavy (non-hydrogen) atoms. The summed E-state index contributed by atoms with van der Waals surface area (Å²) < 4.78 is -0.277. The Morgan fingerprint density at radius 1 is 1.08 bits per heavy atom. The van der Waals surface area contributed by atoms with Crippen LogP contribution >= 0.6 is 22.6 Å². The third-order valence-corrected chi connectivity index (χ3v) is 13.9. The summed E-state index contributed by atoms with van der Waals surface area (Å²) in [6.07, 6.45) is 7.64. The molecule has 10 atom stereocenters. The molecule has 3 fully saturated rings. The molecule has 4 aliphatic rings. The number of aliphatic hydroxyl groups excluding tert-OH is 2. The molecule has 0 bridgehead atoms. The molecule has 0 aromatic rings. The van der Waals surface area contributed by atoms with E-state index in [9.17, 15) is 24.9 Å². The number of allylic oxidation sites excluding steroid dienone is 2. The molecule has 7 unspecified atom stereocenters. The van der Waals surface area contributed by atoms with Crippen molar-refractivity contribution in [1.82, 2.24) is 0 Å². The summed E-state index contributed by atoms with van der Waals surface area (Å²) in [5, 5.41) is 33.1. The van der Waals surface area contributed by atoms with Crippen LogP contribution in [0.4, 0.5) is 0 Å². The predicted octanol–water partition coefficient (Wildman–Crippen LogP) is 6.19. The number of carboxylic acid groups (broad SMARTS) is 1. The van der Waals surface area contributed by atoms with Gasteiger partial charge in [0.25, 0.3) is 0 Å². The van der Waals surface area contributed by atoms with E-state index < -0.39 is 29.0 Å². The molecule has 0 aromatic carbocycles. The van der Waals surface area contributed by atoms with Gasteiger partial charge in [-0.25, -0.2) is 0 Å². The second kappa shape index (κ2) is 8.77. The van der Waals surface area contributed by atoms with Crippen molar-refractivity contribution in [2.75, 3.05) is 0 Å². The van der Waals surface area contributed by atoms with E-state index >= 15 is 0 Å². The number of carboxylic acids is 1. The molecule has 3 saturated carbocycles. The van der Waals surface area contributed by atoms with Crippen LogP contribution in [0.1, 0.15) is 99.8 Å². The Bertz CT molecular complexity index is 955. The van der Waals surface area contributed by atoms with Crippen LogP contribution in [0, 0.1) is 44.3 Å². The van der Waals surface area contributed by atoms with Gasteiger partial charge in [0.05, 0.1) is 21.5 Å². The maximum absolute atomic E-state index is 12.9. The van der Waals surface area contributed by atoms with Gasteiger partial charge < -0.3 is 20.1 Å². The van der Waals surface area contributed by atoms with Crippen molar-refractivity contribution in [2.45, 2.75) is 116 Å².